The number of amides is 1. The zero-order valence-electron chi connectivity index (χ0n) is 11.0. The van der Waals surface area contributed by atoms with E-state index in [-0.39, 0.29) is 5.91 Å². The minimum absolute atomic E-state index is 0.128. The third-order valence-electron chi connectivity index (χ3n) is 2.85. The van der Waals surface area contributed by atoms with Gasteiger partial charge in [-0.25, -0.2) is 4.98 Å². The quantitative estimate of drug-likeness (QED) is 0.910. The molecule has 0 aliphatic rings. The summed E-state index contributed by atoms with van der Waals surface area (Å²) in [5.74, 6) is 0.235. The lowest BCUT2D eigenvalue weighted by Gasteiger charge is -2.17. The summed E-state index contributed by atoms with van der Waals surface area (Å²) in [4.78, 5) is 22.1. The van der Waals surface area contributed by atoms with Gasteiger partial charge in [0.1, 0.15) is 5.82 Å². The van der Waals surface area contributed by atoms with Crippen molar-refractivity contribution in [2.45, 2.75) is 13.3 Å². The average molecular weight is 256 g/mol. The van der Waals surface area contributed by atoms with Crippen LogP contribution in [-0.2, 0) is 6.42 Å². The van der Waals surface area contributed by atoms with E-state index < -0.39 is 0 Å². The number of nitrogen functional groups attached to an aromatic ring is 1. The normalized spacial score (nSPS) is 10.2. The maximum absolute atomic E-state index is 12.4. The highest BCUT2D eigenvalue weighted by Gasteiger charge is 2.15. The molecule has 0 saturated heterocycles. The van der Waals surface area contributed by atoms with Crippen LogP contribution in [0.15, 0.2) is 36.7 Å². The van der Waals surface area contributed by atoms with E-state index in [1.165, 1.54) is 0 Å². The van der Waals surface area contributed by atoms with Crippen LogP contribution in [0.25, 0.3) is 0 Å². The molecule has 2 aromatic rings. The number of rotatable bonds is 3. The molecule has 1 amide bonds. The molecule has 0 aliphatic carbocycles. The lowest BCUT2D eigenvalue weighted by atomic mass is 10.1. The number of nitrogens with zero attached hydrogens (tertiary/aromatic N) is 3. The van der Waals surface area contributed by atoms with Gasteiger partial charge >= 0.3 is 0 Å². The van der Waals surface area contributed by atoms with Crippen molar-refractivity contribution >= 4 is 17.4 Å². The molecule has 0 aliphatic heterocycles. The van der Waals surface area contributed by atoms with Crippen molar-refractivity contribution in [3.63, 3.8) is 0 Å². The van der Waals surface area contributed by atoms with E-state index in [2.05, 4.69) is 9.97 Å². The summed E-state index contributed by atoms with van der Waals surface area (Å²) in [6.07, 6.45) is 4.05. The number of nitrogens with two attached hydrogens (primary N) is 1. The third-order valence-corrected chi connectivity index (χ3v) is 2.85. The molecule has 19 heavy (non-hydrogen) atoms. The fourth-order valence-electron chi connectivity index (χ4n) is 1.78. The maximum Gasteiger partial charge on any atom is 0.258 e. The van der Waals surface area contributed by atoms with Crippen LogP contribution in [-0.4, -0.2) is 22.9 Å². The molecule has 0 bridgehead atoms. The van der Waals surface area contributed by atoms with Gasteiger partial charge in [-0.05, 0) is 30.7 Å². The molecule has 2 N–H and O–H groups in total. The number of carbonyl (C=O) groups is 1. The number of hydrogen-bond donors (Lipinski definition) is 1. The van der Waals surface area contributed by atoms with Crippen LogP contribution in [0.5, 0.6) is 0 Å². The fraction of sp³-hybridized carbons (Fsp3) is 0.214. The summed E-state index contributed by atoms with van der Waals surface area (Å²) in [7, 11) is 1.71. The molecule has 98 valence electrons. The number of aromatic nitrogens is 2. The van der Waals surface area contributed by atoms with Gasteiger partial charge < -0.3 is 10.6 Å². The summed E-state index contributed by atoms with van der Waals surface area (Å²) in [6, 6.07) is 6.98. The molecule has 2 aromatic heterocycles. The Morgan fingerprint density at radius 2 is 2.21 bits per heavy atom. The van der Waals surface area contributed by atoms with Gasteiger partial charge in [-0.1, -0.05) is 6.92 Å². The molecule has 0 unspecified atom stereocenters. The third kappa shape index (κ3) is 2.88. The minimum atomic E-state index is -0.128. The van der Waals surface area contributed by atoms with Gasteiger partial charge in [0.2, 0.25) is 0 Å². The number of aryl methyl sites for hydroxylation is 1. The highest BCUT2D eigenvalue weighted by atomic mass is 16.2. The van der Waals surface area contributed by atoms with Gasteiger partial charge in [-0.2, -0.15) is 0 Å². The van der Waals surface area contributed by atoms with Crippen LogP contribution in [0.2, 0.25) is 0 Å². The number of carbonyl (C=O) groups excluding carboxylic acids is 1. The highest BCUT2D eigenvalue weighted by molar-refractivity contribution is 6.06. The molecule has 2 rings (SSSR count). The smallest absolute Gasteiger partial charge is 0.258 e. The SMILES string of the molecule is CCc1cc(C(=O)N(C)c2cccnc2)cc(N)n1. The zero-order chi connectivity index (χ0) is 13.8. The van der Waals surface area contributed by atoms with Crippen molar-refractivity contribution in [1.29, 1.82) is 0 Å². The van der Waals surface area contributed by atoms with E-state index in [1.54, 1.807) is 42.5 Å². The van der Waals surface area contributed by atoms with Crippen molar-refractivity contribution in [3.8, 4) is 0 Å². The Hall–Kier alpha value is -2.43. The Balaban J connectivity index is 2.31. The summed E-state index contributed by atoms with van der Waals surface area (Å²) < 4.78 is 0. The molecular formula is C14H16N4O. The Kier molecular flexibility index (Phi) is 3.75. The van der Waals surface area contributed by atoms with E-state index in [1.807, 2.05) is 13.0 Å². The van der Waals surface area contributed by atoms with Crippen molar-refractivity contribution in [2.24, 2.45) is 0 Å². The van der Waals surface area contributed by atoms with Gasteiger partial charge in [0, 0.05) is 24.5 Å². The first-order valence-corrected chi connectivity index (χ1v) is 6.06. The lowest BCUT2D eigenvalue weighted by molar-refractivity contribution is 0.0993. The van der Waals surface area contributed by atoms with Gasteiger partial charge in [0.15, 0.2) is 0 Å². The van der Waals surface area contributed by atoms with Crippen molar-refractivity contribution in [1.82, 2.24) is 9.97 Å². The van der Waals surface area contributed by atoms with Crippen molar-refractivity contribution in [2.75, 3.05) is 17.7 Å². The second-order valence-electron chi connectivity index (χ2n) is 4.20. The molecule has 2 heterocycles. The van der Waals surface area contributed by atoms with Crippen LogP contribution in [0.1, 0.15) is 23.0 Å². The molecular weight excluding hydrogens is 240 g/mol. The Labute approximate surface area is 112 Å². The topological polar surface area (TPSA) is 72.1 Å². The van der Waals surface area contributed by atoms with E-state index >= 15 is 0 Å². The summed E-state index contributed by atoms with van der Waals surface area (Å²) in [6.45, 7) is 1.97. The molecule has 0 atom stereocenters. The van der Waals surface area contributed by atoms with Crippen molar-refractivity contribution < 1.29 is 4.79 Å². The highest BCUT2D eigenvalue weighted by Crippen LogP contribution is 2.16. The average Bonchev–Trinajstić information content (AvgIpc) is 2.46. The standard InChI is InChI=1S/C14H16N4O/c1-3-11-7-10(8-13(15)17-11)14(19)18(2)12-5-4-6-16-9-12/h4-9H,3H2,1-2H3,(H2,15,17). The molecule has 0 fully saturated rings. The number of anilines is 2. The Bertz CT molecular complexity index is 583. The van der Waals surface area contributed by atoms with Gasteiger partial charge in [-0.3, -0.25) is 9.78 Å². The summed E-state index contributed by atoms with van der Waals surface area (Å²) in [5.41, 5.74) is 7.80. The van der Waals surface area contributed by atoms with Crippen LogP contribution < -0.4 is 10.6 Å². The van der Waals surface area contributed by atoms with Gasteiger partial charge in [-0.15, -0.1) is 0 Å². The Morgan fingerprint density at radius 1 is 1.42 bits per heavy atom. The molecule has 0 radical (unpaired) electrons. The van der Waals surface area contributed by atoms with E-state index in [9.17, 15) is 4.79 Å². The maximum atomic E-state index is 12.4. The first kappa shape index (κ1) is 13.0. The first-order valence-electron chi connectivity index (χ1n) is 6.06. The molecule has 0 aromatic carbocycles. The largest absolute Gasteiger partial charge is 0.384 e. The van der Waals surface area contributed by atoms with E-state index in [4.69, 9.17) is 5.73 Å². The molecule has 0 saturated carbocycles. The predicted molar refractivity (Wildman–Crippen MR) is 75.0 cm³/mol. The first-order chi connectivity index (χ1) is 9.11. The van der Waals surface area contributed by atoms with Crippen molar-refractivity contribution in [3.05, 3.63) is 47.9 Å². The van der Waals surface area contributed by atoms with Crippen LogP contribution in [0.3, 0.4) is 0 Å². The molecule has 5 nitrogen and oxygen atoms in total. The van der Waals surface area contributed by atoms with E-state index in [0.717, 1.165) is 17.8 Å². The van der Waals surface area contributed by atoms with Gasteiger partial charge in [0.25, 0.3) is 5.91 Å². The monoisotopic (exact) mass is 256 g/mol. The lowest BCUT2D eigenvalue weighted by Crippen LogP contribution is -2.26. The van der Waals surface area contributed by atoms with Crippen LogP contribution in [0, 0.1) is 0 Å². The minimum Gasteiger partial charge on any atom is -0.384 e. The molecule has 5 heteroatoms. The summed E-state index contributed by atoms with van der Waals surface area (Å²) in [5, 5.41) is 0. The van der Waals surface area contributed by atoms with Gasteiger partial charge in [0.05, 0.1) is 11.9 Å². The fourth-order valence-corrected chi connectivity index (χ4v) is 1.78. The summed E-state index contributed by atoms with van der Waals surface area (Å²) >= 11 is 0. The second kappa shape index (κ2) is 5.48. The van der Waals surface area contributed by atoms with Crippen LogP contribution in [0.4, 0.5) is 11.5 Å². The van der Waals surface area contributed by atoms with E-state index in [0.29, 0.717) is 11.4 Å². The number of hydrogen-bond acceptors (Lipinski definition) is 4. The molecule has 0 spiro atoms. The Morgan fingerprint density at radius 3 is 2.84 bits per heavy atom. The van der Waals surface area contributed by atoms with Crippen LogP contribution >= 0.6 is 0 Å². The zero-order valence-corrected chi connectivity index (χ0v) is 11.0. The number of pyridine rings is 2. The predicted octanol–water partition coefficient (Wildman–Crippen LogP) is 1.90. The second-order valence-corrected chi connectivity index (χ2v) is 4.20.